The number of fused-ring (bicyclic) bond motifs is 3. The minimum Gasteiger partial charge on any atom is -0.347 e. The number of nitrogens with zero attached hydrogens (tertiary/aromatic N) is 2. The van der Waals surface area contributed by atoms with Crippen LogP contribution in [0.2, 0.25) is 0 Å². The Morgan fingerprint density at radius 3 is 2.79 bits per heavy atom. The van der Waals surface area contributed by atoms with Crippen molar-refractivity contribution in [2.24, 2.45) is 0 Å². The Balaban J connectivity index is 1.77. The molecule has 0 saturated heterocycles. The average Bonchev–Trinajstić information content (AvgIpc) is 2.99. The Morgan fingerprint density at radius 1 is 1.25 bits per heavy atom. The van der Waals surface area contributed by atoms with Gasteiger partial charge >= 0.3 is 0 Å². The third-order valence-electron chi connectivity index (χ3n) is 5.00. The molecule has 0 radical (unpaired) electrons. The van der Waals surface area contributed by atoms with Crippen molar-refractivity contribution < 1.29 is 4.79 Å². The Morgan fingerprint density at radius 2 is 2.00 bits per heavy atom. The largest absolute Gasteiger partial charge is 0.347 e. The first kappa shape index (κ1) is 14.9. The fraction of sp³-hybridized carbons (Fsp3) is 0.389. The molecular formula is C18H20N4O2. The lowest BCUT2D eigenvalue weighted by Gasteiger charge is -2.34. The molecule has 1 fully saturated rings. The van der Waals surface area contributed by atoms with Gasteiger partial charge in [0.1, 0.15) is 11.2 Å². The third-order valence-corrected chi connectivity index (χ3v) is 5.00. The quantitative estimate of drug-likeness (QED) is 0.760. The van der Waals surface area contributed by atoms with Gasteiger partial charge in [-0.15, -0.1) is 0 Å². The van der Waals surface area contributed by atoms with E-state index in [9.17, 15) is 9.59 Å². The van der Waals surface area contributed by atoms with Crippen LogP contribution in [-0.4, -0.2) is 26.0 Å². The van der Waals surface area contributed by atoms with Crippen molar-refractivity contribution in [1.29, 1.82) is 0 Å². The number of amides is 1. The molecule has 0 bridgehead atoms. The van der Waals surface area contributed by atoms with E-state index in [0.29, 0.717) is 22.1 Å². The molecule has 2 heterocycles. The van der Waals surface area contributed by atoms with E-state index in [1.807, 2.05) is 18.2 Å². The van der Waals surface area contributed by atoms with E-state index in [0.717, 1.165) is 25.7 Å². The number of hydrogen-bond donors (Lipinski definition) is 2. The van der Waals surface area contributed by atoms with Crippen molar-refractivity contribution in [1.82, 2.24) is 19.9 Å². The molecule has 1 aliphatic carbocycles. The van der Waals surface area contributed by atoms with Gasteiger partial charge in [-0.25, -0.2) is 4.52 Å². The number of H-pyrrole nitrogens is 1. The number of para-hydroxylation sites is 1. The lowest BCUT2D eigenvalue weighted by molar-refractivity contribution is 0.0884. The lowest BCUT2D eigenvalue weighted by atomic mass is 9.83. The summed E-state index contributed by atoms with van der Waals surface area (Å²) in [5.41, 5.74) is 1.15. The second-order valence-corrected chi connectivity index (χ2v) is 6.87. The first-order valence-corrected chi connectivity index (χ1v) is 8.39. The smallest absolute Gasteiger partial charge is 0.259 e. The summed E-state index contributed by atoms with van der Waals surface area (Å²) >= 11 is 0. The minimum absolute atomic E-state index is 0.180. The van der Waals surface area contributed by atoms with Crippen LogP contribution >= 0.6 is 0 Å². The van der Waals surface area contributed by atoms with Crippen LogP contribution in [0.25, 0.3) is 16.6 Å². The molecule has 6 heteroatoms. The van der Waals surface area contributed by atoms with E-state index < -0.39 is 0 Å². The van der Waals surface area contributed by atoms with Crippen LogP contribution < -0.4 is 10.9 Å². The second-order valence-electron chi connectivity index (χ2n) is 6.87. The number of carbonyl (C=O) groups excluding carboxylic acids is 1. The number of aromatic amines is 1. The molecule has 0 atom stereocenters. The Labute approximate surface area is 138 Å². The number of aromatic nitrogens is 3. The maximum Gasteiger partial charge on any atom is 0.259 e. The van der Waals surface area contributed by atoms with Gasteiger partial charge < -0.3 is 10.3 Å². The number of benzene rings is 1. The minimum atomic E-state index is -0.212. The molecular weight excluding hydrogens is 304 g/mol. The summed E-state index contributed by atoms with van der Waals surface area (Å²) in [6.45, 7) is 2.09. The molecule has 1 aromatic carbocycles. The summed E-state index contributed by atoms with van der Waals surface area (Å²) in [5, 5.41) is 8.01. The number of rotatable bonds is 2. The summed E-state index contributed by atoms with van der Waals surface area (Å²) in [7, 11) is 0. The fourth-order valence-electron chi connectivity index (χ4n) is 3.64. The van der Waals surface area contributed by atoms with Crippen LogP contribution in [0.5, 0.6) is 0 Å². The van der Waals surface area contributed by atoms with Gasteiger partial charge in [0.2, 0.25) is 0 Å². The predicted molar refractivity (Wildman–Crippen MR) is 92.3 cm³/mol. The molecule has 0 unspecified atom stereocenters. The summed E-state index contributed by atoms with van der Waals surface area (Å²) in [6, 6.07) is 7.24. The molecule has 0 aliphatic heterocycles. The van der Waals surface area contributed by atoms with E-state index in [1.165, 1.54) is 12.6 Å². The van der Waals surface area contributed by atoms with Crippen molar-refractivity contribution in [3.63, 3.8) is 0 Å². The third kappa shape index (κ3) is 2.38. The highest BCUT2D eigenvalue weighted by Crippen LogP contribution is 2.28. The fourth-order valence-corrected chi connectivity index (χ4v) is 3.64. The van der Waals surface area contributed by atoms with Crippen LogP contribution in [0, 0.1) is 0 Å². The summed E-state index contributed by atoms with van der Waals surface area (Å²) in [4.78, 5) is 27.8. The van der Waals surface area contributed by atoms with Crippen molar-refractivity contribution in [3.8, 4) is 0 Å². The van der Waals surface area contributed by atoms with E-state index in [4.69, 9.17) is 0 Å². The van der Waals surface area contributed by atoms with Crippen molar-refractivity contribution in [2.45, 2.75) is 44.6 Å². The van der Waals surface area contributed by atoms with Gasteiger partial charge in [0.05, 0.1) is 17.1 Å². The van der Waals surface area contributed by atoms with Gasteiger partial charge in [-0.3, -0.25) is 9.59 Å². The van der Waals surface area contributed by atoms with E-state index >= 15 is 0 Å². The molecule has 2 aromatic heterocycles. The Bertz CT molecular complexity index is 980. The maximum atomic E-state index is 12.8. The molecule has 124 valence electrons. The van der Waals surface area contributed by atoms with E-state index in [1.54, 1.807) is 10.6 Å². The highest BCUT2D eigenvalue weighted by molar-refractivity contribution is 6.01. The average molecular weight is 324 g/mol. The van der Waals surface area contributed by atoms with Crippen molar-refractivity contribution >= 4 is 22.5 Å². The predicted octanol–water partition coefficient (Wildman–Crippen LogP) is 2.63. The number of hydrogen-bond acceptors (Lipinski definition) is 3. The van der Waals surface area contributed by atoms with Gasteiger partial charge in [0.15, 0.2) is 0 Å². The van der Waals surface area contributed by atoms with E-state index in [2.05, 4.69) is 22.3 Å². The number of carbonyl (C=O) groups is 1. The zero-order chi connectivity index (χ0) is 16.7. The van der Waals surface area contributed by atoms with Crippen molar-refractivity contribution in [2.75, 3.05) is 0 Å². The Hall–Kier alpha value is -2.63. The molecule has 24 heavy (non-hydrogen) atoms. The SMILES string of the molecule is CC1(NC(=O)c2cnn3c2[nH]c(=O)c2ccccc23)CCCCC1. The molecule has 0 spiro atoms. The summed E-state index contributed by atoms with van der Waals surface area (Å²) < 4.78 is 1.62. The topological polar surface area (TPSA) is 79.3 Å². The molecule has 1 amide bonds. The lowest BCUT2D eigenvalue weighted by Crippen LogP contribution is -2.47. The van der Waals surface area contributed by atoms with Crippen LogP contribution in [0.4, 0.5) is 0 Å². The molecule has 1 saturated carbocycles. The van der Waals surface area contributed by atoms with Gasteiger partial charge in [0, 0.05) is 5.54 Å². The first-order chi connectivity index (χ1) is 11.6. The normalized spacial score (nSPS) is 17.2. The molecule has 6 nitrogen and oxygen atoms in total. The van der Waals surface area contributed by atoms with Gasteiger partial charge in [0.25, 0.3) is 11.5 Å². The van der Waals surface area contributed by atoms with Crippen LogP contribution in [0.3, 0.4) is 0 Å². The second kappa shape index (κ2) is 5.47. The van der Waals surface area contributed by atoms with Crippen LogP contribution in [0.1, 0.15) is 49.4 Å². The van der Waals surface area contributed by atoms with Gasteiger partial charge in [-0.05, 0) is 31.9 Å². The van der Waals surface area contributed by atoms with Crippen LogP contribution in [-0.2, 0) is 0 Å². The summed E-state index contributed by atoms with van der Waals surface area (Å²) in [6.07, 6.45) is 6.98. The Kier molecular flexibility index (Phi) is 3.40. The van der Waals surface area contributed by atoms with Crippen molar-refractivity contribution in [3.05, 3.63) is 46.4 Å². The van der Waals surface area contributed by atoms with Gasteiger partial charge in [-0.2, -0.15) is 5.10 Å². The zero-order valence-corrected chi connectivity index (χ0v) is 13.6. The molecule has 2 N–H and O–H groups in total. The standard InChI is InChI=1S/C18H20N4O2/c1-18(9-5-2-6-10-18)21-17(24)13-11-19-22-14-8-4-3-7-12(14)16(23)20-15(13)22/h3-4,7-8,11H,2,5-6,9-10H2,1H3,(H,20,23)(H,21,24). The molecule has 1 aliphatic rings. The first-order valence-electron chi connectivity index (χ1n) is 8.39. The monoisotopic (exact) mass is 324 g/mol. The van der Waals surface area contributed by atoms with Gasteiger partial charge in [-0.1, -0.05) is 31.4 Å². The molecule has 3 aromatic rings. The number of nitrogens with one attached hydrogen (secondary N) is 2. The van der Waals surface area contributed by atoms with Crippen LogP contribution in [0.15, 0.2) is 35.3 Å². The molecule has 4 rings (SSSR count). The summed E-state index contributed by atoms with van der Waals surface area (Å²) in [5.74, 6) is -0.180. The highest BCUT2D eigenvalue weighted by atomic mass is 16.2. The zero-order valence-electron chi connectivity index (χ0n) is 13.6. The highest BCUT2D eigenvalue weighted by Gasteiger charge is 2.29. The van der Waals surface area contributed by atoms with E-state index in [-0.39, 0.29) is 17.0 Å². The maximum absolute atomic E-state index is 12.8.